The molecule has 0 aliphatic carbocycles. The molecule has 1 amide bonds. The van der Waals surface area contributed by atoms with Gasteiger partial charge in [0.25, 0.3) is 5.91 Å². The first-order valence-electron chi connectivity index (χ1n) is 5.40. The molecule has 0 unspecified atom stereocenters. The van der Waals surface area contributed by atoms with Gasteiger partial charge in [-0.15, -0.1) is 11.6 Å². The van der Waals surface area contributed by atoms with Crippen molar-refractivity contribution in [2.24, 2.45) is 0 Å². The Bertz CT molecular complexity index is 338. The molecule has 4 nitrogen and oxygen atoms in total. The van der Waals surface area contributed by atoms with Crippen LogP contribution in [0.4, 0.5) is 0 Å². The summed E-state index contributed by atoms with van der Waals surface area (Å²) < 4.78 is 4.91. The summed E-state index contributed by atoms with van der Waals surface area (Å²) >= 11 is 5.57. The first kappa shape index (κ1) is 13.0. The Labute approximate surface area is 101 Å². The lowest BCUT2D eigenvalue weighted by Gasteiger charge is -2.14. The Kier molecular flexibility index (Phi) is 5.32. The molecule has 0 saturated heterocycles. The van der Waals surface area contributed by atoms with Gasteiger partial charge in [-0.05, 0) is 19.8 Å². The molecule has 5 heteroatoms. The van der Waals surface area contributed by atoms with E-state index >= 15 is 0 Å². The lowest BCUT2D eigenvalue weighted by Crippen LogP contribution is -2.27. The molecule has 1 aromatic heterocycles. The summed E-state index contributed by atoms with van der Waals surface area (Å²) in [6.07, 6.45) is 2.99. The molecule has 0 bridgehead atoms. The van der Waals surface area contributed by atoms with Gasteiger partial charge in [-0.25, -0.2) is 0 Å². The maximum absolute atomic E-state index is 11.8. The van der Waals surface area contributed by atoms with E-state index in [2.05, 4.69) is 5.16 Å². The monoisotopic (exact) mass is 244 g/mol. The molecule has 1 rings (SSSR count). The van der Waals surface area contributed by atoms with E-state index < -0.39 is 0 Å². The summed E-state index contributed by atoms with van der Waals surface area (Å²) in [6.45, 7) is 2.51. The van der Waals surface area contributed by atoms with Crippen LogP contribution < -0.4 is 0 Å². The van der Waals surface area contributed by atoms with E-state index in [0.29, 0.717) is 11.6 Å². The second-order valence-corrected chi connectivity index (χ2v) is 4.19. The lowest BCUT2D eigenvalue weighted by molar-refractivity contribution is 0.0751. The number of halogens is 1. The van der Waals surface area contributed by atoms with Gasteiger partial charge in [-0.2, -0.15) is 0 Å². The SMILES string of the molecule is Cc1cc(C(=O)N(C)CCCCCCl)on1. The largest absolute Gasteiger partial charge is 0.351 e. The smallest absolute Gasteiger partial charge is 0.292 e. The van der Waals surface area contributed by atoms with Crippen molar-refractivity contribution in [1.82, 2.24) is 10.1 Å². The number of amides is 1. The molecule has 90 valence electrons. The van der Waals surface area contributed by atoms with E-state index in [1.807, 2.05) is 0 Å². The van der Waals surface area contributed by atoms with Crippen LogP contribution in [-0.4, -0.2) is 35.4 Å². The van der Waals surface area contributed by atoms with Crippen LogP contribution in [0.15, 0.2) is 10.6 Å². The summed E-state index contributed by atoms with van der Waals surface area (Å²) in [5.41, 5.74) is 0.721. The zero-order valence-electron chi connectivity index (χ0n) is 9.70. The first-order chi connectivity index (χ1) is 7.65. The minimum atomic E-state index is -0.119. The second kappa shape index (κ2) is 6.53. The summed E-state index contributed by atoms with van der Waals surface area (Å²) in [5, 5.41) is 3.69. The number of carbonyl (C=O) groups is 1. The first-order valence-corrected chi connectivity index (χ1v) is 5.93. The summed E-state index contributed by atoms with van der Waals surface area (Å²) in [4.78, 5) is 13.4. The van der Waals surface area contributed by atoms with Gasteiger partial charge in [0.2, 0.25) is 5.76 Å². The number of carbonyl (C=O) groups excluding carboxylic acids is 1. The Morgan fingerprint density at radius 2 is 2.25 bits per heavy atom. The Morgan fingerprint density at radius 3 is 2.81 bits per heavy atom. The highest BCUT2D eigenvalue weighted by Gasteiger charge is 2.15. The van der Waals surface area contributed by atoms with Crippen LogP contribution in [0.5, 0.6) is 0 Å². The number of aryl methyl sites for hydroxylation is 1. The molecule has 0 aliphatic heterocycles. The molecular formula is C11H17ClN2O2. The van der Waals surface area contributed by atoms with Crippen molar-refractivity contribution in [2.45, 2.75) is 26.2 Å². The molecule has 1 aromatic rings. The molecule has 0 atom stereocenters. The van der Waals surface area contributed by atoms with E-state index in [1.54, 1.807) is 24.9 Å². The van der Waals surface area contributed by atoms with Gasteiger partial charge in [-0.1, -0.05) is 11.6 Å². The van der Waals surface area contributed by atoms with Gasteiger partial charge >= 0.3 is 0 Å². The van der Waals surface area contributed by atoms with Gasteiger partial charge in [0.1, 0.15) is 0 Å². The fourth-order valence-corrected chi connectivity index (χ4v) is 1.56. The van der Waals surface area contributed by atoms with Crippen molar-refractivity contribution in [3.05, 3.63) is 17.5 Å². The molecule has 0 aliphatic rings. The van der Waals surface area contributed by atoms with Crippen molar-refractivity contribution in [3.63, 3.8) is 0 Å². The van der Waals surface area contributed by atoms with Gasteiger partial charge < -0.3 is 9.42 Å². The quantitative estimate of drug-likeness (QED) is 0.571. The highest BCUT2D eigenvalue weighted by Crippen LogP contribution is 2.07. The van der Waals surface area contributed by atoms with Crippen molar-refractivity contribution >= 4 is 17.5 Å². The zero-order chi connectivity index (χ0) is 12.0. The number of rotatable bonds is 6. The van der Waals surface area contributed by atoms with Crippen LogP contribution in [0.2, 0.25) is 0 Å². The summed E-state index contributed by atoms with van der Waals surface area (Å²) in [6, 6.07) is 1.65. The minimum absolute atomic E-state index is 0.119. The number of hydrogen-bond donors (Lipinski definition) is 0. The normalized spacial score (nSPS) is 10.4. The van der Waals surface area contributed by atoms with Crippen LogP contribution in [0.25, 0.3) is 0 Å². The molecule has 16 heavy (non-hydrogen) atoms. The van der Waals surface area contributed by atoms with Gasteiger partial charge in [0.05, 0.1) is 5.69 Å². The molecule has 0 saturated carbocycles. The van der Waals surface area contributed by atoms with Crippen molar-refractivity contribution < 1.29 is 9.32 Å². The lowest BCUT2D eigenvalue weighted by atomic mass is 10.2. The number of alkyl halides is 1. The van der Waals surface area contributed by atoms with Gasteiger partial charge in [0.15, 0.2) is 0 Å². The van der Waals surface area contributed by atoms with E-state index in [0.717, 1.165) is 31.5 Å². The molecule has 1 heterocycles. The van der Waals surface area contributed by atoms with Crippen LogP contribution >= 0.6 is 11.6 Å². The highest BCUT2D eigenvalue weighted by molar-refractivity contribution is 6.17. The topological polar surface area (TPSA) is 46.3 Å². The Morgan fingerprint density at radius 1 is 1.50 bits per heavy atom. The van der Waals surface area contributed by atoms with Crippen LogP contribution in [0, 0.1) is 6.92 Å². The average Bonchev–Trinajstić information content (AvgIpc) is 2.70. The number of hydrogen-bond acceptors (Lipinski definition) is 3. The predicted octanol–water partition coefficient (Wildman–Crippen LogP) is 2.46. The molecule has 0 fully saturated rings. The van der Waals surface area contributed by atoms with E-state index in [9.17, 15) is 4.79 Å². The summed E-state index contributed by atoms with van der Waals surface area (Å²) in [5.74, 6) is 0.864. The molecule has 0 radical (unpaired) electrons. The van der Waals surface area contributed by atoms with E-state index in [1.165, 1.54) is 0 Å². The maximum Gasteiger partial charge on any atom is 0.292 e. The summed E-state index contributed by atoms with van der Waals surface area (Å²) in [7, 11) is 1.76. The predicted molar refractivity (Wildman–Crippen MR) is 62.8 cm³/mol. The van der Waals surface area contributed by atoms with Crippen molar-refractivity contribution in [2.75, 3.05) is 19.5 Å². The van der Waals surface area contributed by atoms with Crippen LogP contribution in [-0.2, 0) is 0 Å². The molecule has 0 N–H and O–H groups in total. The Balaban J connectivity index is 2.36. The van der Waals surface area contributed by atoms with Gasteiger partial charge in [-0.3, -0.25) is 4.79 Å². The number of unbranched alkanes of at least 4 members (excludes halogenated alkanes) is 2. The molecule has 0 aromatic carbocycles. The third-order valence-electron chi connectivity index (χ3n) is 2.31. The molecule has 0 spiro atoms. The minimum Gasteiger partial charge on any atom is -0.351 e. The van der Waals surface area contributed by atoms with Crippen LogP contribution in [0.1, 0.15) is 35.5 Å². The Hall–Kier alpha value is -1.03. The second-order valence-electron chi connectivity index (χ2n) is 3.81. The van der Waals surface area contributed by atoms with E-state index in [-0.39, 0.29) is 5.91 Å². The fourth-order valence-electron chi connectivity index (χ4n) is 1.37. The van der Waals surface area contributed by atoms with E-state index in [4.69, 9.17) is 16.1 Å². The maximum atomic E-state index is 11.8. The van der Waals surface area contributed by atoms with Crippen molar-refractivity contribution in [1.29, 1.82) is 0 Å². The van der Waals surface area contributed by atoms with Crippen LogP contribution in [0.3, 0.4) is 0 Å². The average molecular weight is 245 g/mol. The number of aromatic nitrogens is 1. The van der Waals surface area contributed by atoms with Gasteiger partial charge in [0, 0.05) is 25.5 Å². The third-order valence-corrected chi connectivity index (χ3v) is 2.58. The highest BCUT2D eigenvalue weighted by atomic mass is 35.5. The standard InChI is InChI=1S/C11H17ClN2O2/c1-9-8-10(16-13-9)11(15)14(2)7-5-3-4-6-12/h8H,3-7H2,1-2H3. The molecular weight excluding hydrogens is 228 g/mol. The number of nitrogens with zero attached hydrogens (tertiary/aromatic N) is 2. The third kappa shape index (κ3) is 3.85. The zero-order valence-corrected chi connectivity index (χ0v) is 10.5. The van der Waals surface area contributed by atoms with Crippen molar-refractivity contribution in [3.8, 4) is 0 Å². The fraction of sp³-hybridized carbons (Fsp3) is 0.636.